The lowest BCUT2D eigenvalue weighted by molar-refractivity contribution is -0.119. The predicted octanol–water partition coefficient (Wildman–Crippen LogP) is 1.13. The zero-order chi connectivity index (χ0) is 16.1. The molecule has 0 saturated carbocycles. The van der Waals surface area contributed by atoms with E-state index in [1.165, 1.54) is 0 Å². The summed E-state index contributed by atoms with van der Waals surface area (Å²) >= 11 is 0. The highest BCUT2D eigenvalue weighted by atomic mass is 16.2. The van der Waals surface area contributed by atoms with Gasteiger partial charge in [0.15, 0.2) is 11.5 Å². The molecule has 0 unspecified atom stereocenters. The third-order valence-electron chi connectivity index (χ3n) is 3.68. The largest absolute Gasteiger partial charge is 0.342 e. The van der Waals surface area contributed by atoms with Gasteiger partial charge >= 0.3 is 0 Å². The number of hydrogen-bond acceptors (Lipinski definition) is 5. The number of aromatic nitrogens is 2. The van der Waals surface area contributed by atoms with Crippen molar-refractivity contribution in [2.24, 2.45) is 0 Å². The topological polar surface area (TPSA) is 78.4 Å². The Labute approximate surface area is 133 Å². The van der Waals surface area contributed by atoms with Crippen LogP contribution in [0.3, 0.4) is 0 Å². The lowest BCUT2D eigenvalue weighted by atomic mass is 10.2. The highest BCUT2D eigenvalue weighted by Gasteiger charge is 2.22. The highest BCUT2D eigenvalue weighted by Crippen LogP contribution is 2.13. The van der Waals surface area contributed by atoms with E-state index < -0.39 is 0 Å². The first-order valence-electron chi connectivity index (χ1n) is 7.41. The van der Waals surface area contributed by atoms with Gasteiger partial charge in [0.1, 0.15) is 0 Å². The molecular weight excluding hydrogens is 294 g/mol. The zero-order valence-corrected chi connectivity index (χ0v) is 12.6. The first kappa shape index (κ1) is 15.0. The van der Waals surface area contributed by atoms with E-state index in [-0.39, 0.29) is 5.91 Å². The number of piperazine rings is 1. The summed E-state index contributed by atoms with van der Waals surface area (Å²) in [5.41, 5.74) is 1.22. The Kier molecular flexibility index (Phi) is 4.46. The minimum absolute atomic E-state index is 0.158. The van der Waals surface area contributed by atoms with E-state index in [4.69, 9.17) is 0 Å². The van der Waals surface area contributed by atoms with Crippen LogP contribution in [0.15, 0.2) is 42.5 Å². The maximum atomic E-state index is 12.4. The highest BCUT2D eigenvalue weighted by molar-refractivity contribution is 5.92. The molecule has 1 fully saturated rings. The molecule has 0 bridgehead atoms. The molecule has 0 radical (unpaired) electrons. The van der Waals surface area contributed by atoms with Crippen molar-refractivity contribution < 1.29 is 9.59 Å². The molecule has 23 heavy (non-hydrogen) atoms. The van der Waals surface area contributed by atoms with Crippen molar-refractivity contribution in [1.29, 1.82) is 0 Å². The number of benzene rings is 1. The first-order chi connectivity index (χ1) is 11.3. The average Bonchev–Trinajstić information content (AvgIpc) is 2.63. The SMILES string of the molecule is O=CN1CCN(C(=O)c2ccc(Nc3ccccc3)nn2)CC1. The Balaban J connectivity index is 1.63. The Morgan fingerprint density at radius 2 is 1.74 bits per heavy atom. The van der Waals surface area contributed by atoms with Crippen LogP contribution < -0.4 is 5.32 Å². The maximum absolute atomic E-state index is 12.4. The third-order valence-corrected chi connectivity index (χ3v) is 3.68. The maximum Gasteiger partial charge on any atom is 0.274 e. The van der Waals surface area contributed by atoms with E-state index in [1.54, 1.807) is 21.9 Å². The van der Waals surface area contributed by atoms with E-state index >= 15 is 0 Å². The molecule has 1 aliphatic heterocycles. The molecule has 2 amide bonds. The molecule has 2 heterocycles. The van der Waals surface area contributed by atoms with E-state index in [9.17, 15) is 9.59 Å². The van der Waals surface area contributed by atoms with Crippen LogP contribution in [0.1, 0.15) is 10.5 Å². The summed E-state index contributed by atoms with van der Waals surface area (Å²) in [4.78, 5) is 26.4. The molecule has 1 aliphatic rings. The van der Waals surface area contributed by atoms with Gasteiger partial charge in [-0.15, -0.1) is 10.2 Å². The van der Waals surface area contributed by atoms with Crippen molar-refractivity contribution >= 4 is 23.8 Å². The van der Waals surface area contributed by atoms with Crippen molar-refractivity contribution in [3.05, 3.63) is 48.2 Å². The van der Waals surface area contributed by atoms with Gasteiger partial charge in [0, 0.05) is 31.9 Å². The molecule has 7 heteroatoms. The van der Waals surface area contributed by atoms with Gasteiger partial charge in [-0.25, -0.2) is 0 Å². The smallest absolute Gasteiger partial charge is 0.274 e. The predicted molar refractivity (Wildman–Crippen MR) is 85.3 cm³/mol. The Morgan fingerprint density at radius 1 is 1.00 bits per heavy atom. The zero-order valence-electron chi connectivity index (χ0n) is 12.6. The summed E-state index contributed by atoms with van der Waals surface area (Å²) in [5.74, 6) is 0.424. The van der Waals surface area contributed by atoms with Crippen LogP contribution in [0.25, 0.3) is 0 Å². The second kappa shape index (κ2) is 6.87. The molecule has 7 nitrogen and oxygen atoms in total. The first-order valence-corrected chi connectivity index (χ1v) is 7.41. The van der Waals surface area contributed by atoms with Gasteiger partial charge in [0.2, 0.25) is 6.41 Å². The summed E-state index contributed by atoms with van der Waals surface area (Å²) in [5, 5.41) is 11.2. The Bertz CT molecular complexity index is 667. The fraction of sp³-hybridized carbons (Fsp3) is 0.250. The Hall–Kier alpha value is -2.96. The number of nitrogens with zero attached hydrogens (tertiary/aromatic N) is 4. The van der Waals surface area contributed by atoms with E-state index in [2.05, 4.69) is 15.5 Å². The van der Waals surface area contributed by atoms with Crippen molar-refractivity contribution in [2.45, 2.75) is 0 Å². The van der Waals surface area contributed by atoms with Gasteiger partial charge in [-0.05, 0) is 24.3 Å². The number of carbonyl (C=O) groups excluding carboxylic acids is 2. The number of anilines is 2. The van der Waals surface area contributed by atoms with E-state index in [0.29, 0.717) is 37.7 Å². The van der Waals surface area contributed by atoms with Crippen LogP contribution >= 0.6 is 0 Å². The molecule has 1 aromatic carbocycles. The minimum Gasteiger partial charge on any atom is -0.342 e. The molecule has 1 saturated heterocycles. The second-order valence-electron chi connectivity index (χ2n) is 5.23. The van der Waals surface area contributed by atoms with Crippen molar-refractivity contribution in [3.63, 3.8) is 0 Å². The summed E-state index contributed by atoms with van der Waals surface area (Å²) < 4.78 is 0. The Morgan fingerprint density at radius 3 is 2.35 bits per heavy atom. The second-order valence-corrected chi connectivity index (χ2v) is 5.23. The van der Waals surface area contributed by atoms with Gasteiger partial charge in [-0.2, -0.15) is 0 Å². The number of rotatable bonds is 4. The minimum atomic E-state index is -0.158. The lowest BCUT2D eigenvalue weighted by Gasteiger charge is -2.32. The van der Waals surface area contributed by atoms with Crippen LogP contribution in [0.4, 0.5) is 11.5 Å². The monoisotopic (exact) mass is 311 g/mol. The van der Waals surface area contributed by atoms with Crippen LogP contribution in [0.5, 0.6) is 0 Å². The number of para-hydroxylation sites is 1. The van der Waals surface area contributed by atoms with E-state index in [1.807, 2.05) is 30.3 Å². The van der Waals surface area contributed by atoms with Crippen LogP contribution in [-0.4, -0.2) is 58.5 Å². The molecule has 3 rings (SSSR count). The fourth-order valence-electron chi connectivity index (χ4n) is 2.37. The number of amides is 2. The molecule has 0 aliphatic carbocycles. The number of carbonyl (C=O) groups is 2. The molecule has 0 spiro atoms. The van der Waals surface area contributed by atoms with Crippen molar-refractivity contribution in [2.75, 3.05) is 31.5 Å². The van der Waals surface area contributed by atoms with Crippen LogP contribution in [-0.2, 0) is 4.79 Å². The quantitative estimate of drug-likeness (QED) is 0.857. The molecule has 0 atom stereocenters. The van der Waals surface area contributed by atoms with Gasteiger partial charge in [-0.3, -0.25) is 9.59 Å². The van der Waals surface area contributed by atoms with Gasteiger partial charge < -0.3 is 15.1 Å². The standard InChI is InChI=1S/C16H17N5O2/c22-12-20-8-10-21(11-9-20)16(23)14-6-7-15(19-18-14)17-13-4-2-1-3-5-13/h1-7,12H,8-11H2,(H,17,19). The molecule has 2 aromatic rings. The summed E-state index contributed by atoms with van der Waals surface area (Å²) in [6.07, 6.45) is 0.811. The average molecular weight is 311 g/mol. The molecule has 1 N–H and O–H groups in total. The molecule has 1 aromatic heterocycles. The van der Waals surface area contributed by atoms with E-state index in [0.717, 1.165) is 12.1 Å². The number of hydrogen-bond donors (Lipinski definition) is 1. The van der Waals surface area contributed by atoms with Crippen molar-refractivity contribution in [3.8, 4) is 0 Å². The van der Waals surface area contributed by atoms with Crippen LogP contribution in [0.2, 0.25) is 0 Å². The summed E-state index contributed by atoms with van der Waals surface area (Å²) in [6, 6.07) is 13.0. The third kappa shape index (κ3) is 3.63. The fourth-order valence-corrected chi connectivity index (χ4v) is 2.37. The van der Waals surface area contributed by atoms with Gasteiger partial charge in [-0.1, -0.05) is 18.2 Å². The van der Waals surface area contributed by atoms with Gasteiger partial charge in [0.25, 0.3) is 5.91 Å². The lowest BCUT2D eigenvalue weighted by Crippen LogP contribution is -2.48. The summed E-state index contributed by atoms with van der Waals surface area (Å²) in [6.45, 7) is 2.14. The van der Waals surface area contributed by atoms with Crippen molar-refractivity contribution in [1.82, 2.24) is 20.0 Å². The summed E-state index contributed by atoms with van der Waals surface area (Å²) in [7, 11) is 0. The van der Waals surface area contributed by atoms with Gasteiger partial charge in [0.05, 0.1) is 0 Å². The molecular formula is C16H17N5O2. The normalized spacial score (nSPS) is 14.4. The molecule has 118 valence electrons. The van der Waals surface area contributed by atoms with Crippen LogP contribution in [0, 0.1) is 0 Å². The number of nitrogens with one attached hydrogen (secondary N) is 1.